The van der Waals surface area contributed by atoms with E-state index in [1.807, 2.05) is 33.8 Å². The average Bonchev–Trinajstić information content (AvgIpc) is 3.08. The van der Waals surface area contributed by atoms with Gasteiger partial charge < -0.3 is 15.0 Å². The third-order valence-electron chi connectivity index (χ3n) is 4.39. The average molecular weight is 399 g/mol. The molecule has 1 saturated heterocycles. The van der Waals surface area contributed by atoms with Crippen LogP contribution in [-0.2, 0) is 4.74 Å². The van der Waals surface area contributed by atoms with Crippen molar-refractivity contribution in [3.05, 3.63) is 46.1 Å². The van der Waals surface area contributed by atoms with Crippen LogP contribution in [-0.4, -0.2) is 45.7 Å². The summed E-state index contributed by atoms with van der Waals surface area (Å²) in [5, 5.41) is 13.9. The molecule has 0 saturated carbocycles. The standard InChI is InChI=1S/C20H25N5O4/c1-13-10-17(23-18(21-13)14-6-5-7-16(11-14)25(27)28)24-9-8-15(12-24)22-19(26)29-20(2,3)4/h5-7,10-11,15H,8-9,12H2,1-4H3,(H,22,26). The number of ether oxygens (including phenoxy) is 1. The second-order valence-corrected chi connectivity index (χ2v) is 8.08. The van der Waals surface area contributed by atoms with Crippen LogP contribution in [0.25, 0.3) is 11.4 Å². The van der Waals surface area contributed by atoms with Crippen LogP contribution >= 0.6 is 0 Å². The van der Waals surface area contributed by atoms with Gasteiger partial charge in [0.15, 0.2) is 5.82 Å². The Bertz CT molecular complexity index is 925. The molecular weight excluding hydrogens is 374 g/mol. The minimum atomic E-state index is -0.542. The lowest BCUT2D eigenvalue weighted by atomic mass is 10.2. The van der Waals surface area contributed by atoms with E-state index < -0.39 is 16.6 Å². The number of aryl methyl sites for hydroxylation is 1. The van der Waals surface area contributed by atoms with E-state index in [0.29, 0.717) is 17.9 Å². The van der Waals surface area contributed by atoms with Crippen LogP contribution in [0.3, 0.4) is 0 Å². The zero-order chi connectivity index (χ0) is 21.2. The number of anilines is 1. The molecule has 9 nitrogen and oxygen atoms in total. The lowest BCUT2D eigenvalue weighted by molar-refractivity contribution is -0.384. The zero-order valence-corrected chi connectivity index (χ0v) is 17.0. The lowest BCUT2D eigenvalue weighted by Gasteiger charge is -2.22. The van der Waals surface area contributed by atoms with Gasteiger partial charge in [0, 0.05) is 42.5 Å². The molecule has 1 N–H and O–H groups in total. The fraction of sp³-hybridized carbons (Fsp3) is 0.450. The zero-order valence-electron chi connectivity index (χ0n) is 17.0. The predicted molar refractivity (Wildman–Crippen MR) is 109 cm³/mol. The van der Waals surface area contributed by atoms with E-state index in [-0.39, 0.29) is 11.7 Å². The molecule has 0 radical (unpaired) electrons. The molecule has 154 valence electrons. The van der Waals surface area contributed by atoms with Crippen LogP contribution in [0.5, 0.6) is 0 Å². The number of rotatable bonds is 4. The Hall–Kier alpha value is -3.23. The smallest absolute Gasteiger partial charge is 0.407 e. The van der Waals surface area contributed by atoms with Gasteiger partial charge in [0.2, 0.25) is 0 Å². The van der Waals surface area contributed by atoms with Crippen molar-refractivity contribution in [2.45, 2.75) is 45.8 Å². The van der Waals surface area contributed by atoms with Crippen molar-refractivity contribution in [1.29, 1.82) is 0 Å². The minimum Gasteiger partial charge on any atom is -0.444 e. The van der Waals surface area contributed by atoms with Crippen LogP contribution in [0.15, 0.2) is 30.3 Å². The van der Waals surface area contributed by atoms with Gasteiger partial charge in [0.05, 0.1) is 11.0 Å². The number of carbonyl (C=O) groups excluding carboxylic acids is 1. The molecule has 1 amide bonds. The number of non-ortho nitro benzene ring substituents is 1. The second-order valence-electron chi connectivity index (χ2n) is 8.08. The number of nitrogens with one attached hydrogen (secondary N) is 1. The molecule has 1 aliphatic heterocycles. The third kappa shape index (κ3) is 5.40. The molecule has 1 aliphatic rings. The monoisotopic (exact) mass is 399 g/mol. The quantitative estimate of drug-likeness (QED) is 0.619. The highest BCUT2D eigenvalue weighted by Crippen LogP contribution is 2.25. The Morgan fingerprint density at radius 2 is 2.07 bits per heavy atom. The van der Waals surface area contributed by atoms with Gasteiger partial charge in [-0.2, -0.15) is 0 Å². The Balaban J connectivity index is 1.75. The first-order valence-electron chi connectivity index (χ1n) is 9.46. The van der Waals surface area contributed by atoms with Gasteiger partial charge >= 0.3 is 6.09 Å². The molecule has 1 aromatic heterocycles. The Kier molecular flexibility index (Phi) is 5.67. The first-order chi connectivity index (χ1) is 13.6. The number of nitro benzene ring substituents is 1. The molecule has 1 unspecified atom stereocenters. The van der Waals surface area contributed by atoms with E-state index in [4.69, 9.17) is 4.74 Å². The minimum absolute atomic E-state index is 0.00282. The topological polar surface area (TPSA) is 110 Å². The Morgan fingerprint density at radius 1 is 1.31 bits per heavy atom. The number of benzene rings is 1. The number of nitrogens with zero attached hydrogens (tertiary/aromatic N) is 4. The second kappa shape index (κ2) is 8.02. The summed E-state index contributed by atoms with van der Waals surface area (Å²) in [5.41, 5.74) is 0.808. The SMILES string of the molecule is Cc1cc(N2CCC(NC(=O)OC(C)(C)C)C2)nc(-c2cccc([N+](=O)[O-])c2)n1. The van der Waals surface area contributed by atoms with Gasteiger partial charge in [0.25, 0.3) is 5.69 Å². The third-order valence-corrected chi connectivity index (χ3v) is 4.39. The van der Waals surface area contributed by atoms with Crippen molar-refractivity contribution in [3.8, 4) is 11.4 Å². The maximum atomic E-state index is 12.0. The fourth-order valence-corrected chi connectivity index (χ4v) is 3.16. The molecule has 1 aromatic carbocycles. The van der Waals surface area contributed by atoms with Gasteiger partial charge in [-0.3, -0.25) is 10.1 Å². The Morgan fingerprint density at radius 3 is 2.76 bits per heavy atom. The summed E-state index contributed by atoms with van der Waals surface area (Å²) in [6, 6.07) is 8.11. The van der Waals surface area contributed by atoms with E-state index in [1.165, 1.54) is 12.1 Å². The largest absolute Gasteiger partial charge is 0.444 e. The number of carbonyl (C=O) groups is 1. The highest BCUT2D eigenvalue weighted by molar-refractivity contribution is 5.68. The summed E-state index contributed by atoms with van der Waals surface area (Å²) < 4.78 is 5.32. The lowest BCUT2D eigenvalue weighted by Crippen LogP contribution is -2.40. The summed E-state index contributed by atoms with van der Waals surface area (Å²) in [6.07, 6.45) is 0.342. The number of alkyl carbamates (subject to hydrolysis) is 1. The molecule has 0 aliphatic carbocycles. The number of hydrogen-bond donors (Lipinski definition) is 1. The number of nitro groups is 1. The van der Waals surface area contributed by atoms with E-state index in [2.05, 4.69) is 20.2 Å². The maximum Gasteiger partial charge on any atom is 0.407 e. The van der Waals surface area contributed by atoms with E-state index in [9.17, 15) is 14.9 Å². The molecule has 0 spiro atoms. The predicted octanol–water partition coefficient (Wildman–Crippen LogP) is 3.46. The normalized spacial score (nSPS) is 16.6. The highest BCUT2D eigenvalue weighted by Gasteiger charge is 2.27. The Labute approximate surface area is 169 Å². The summed E-state index contributed by atoms with van der Waals surface area (Å²) in [5.74, 6) is 1.17. The van der Waals surface area contributed by atoms with Gasteiger partial charge in [0.1, 0.15) is 11.4 Å². The van der Waals surface area contributed by atoms with E-state index in [1.54, 1.807) is 12.1 Å². The van der Waals surface area contributed by atoms with E-state index in [0.717, 1.165) is 24.5 Å². The molecular formula is C20H25N5O4. The van der Waals surface area contributed by atoms with Crippen LogP contribution in [0.2, 0.25) is 0 Å². The molecule has 1 fully saturated rings. The van der Waals surface area contributed by atoms with Crippen molar-refractivity contribution in [3.63, 3.8) is 0 Å². The summed E-state index contributed by atoms with van der Waals surface area (Å²) >= 11 is 0. The number of aromatic nitrogens is 2. The molecule has 2 heterocycles. The van der Waals surface area contributed by atoms with Gasteiger partial charge in [-0.1, -0.05) is 12.1 Å². The maximum absolute atomic E-state index is 12.0. The number of hydrogen-bond acceptors (Lipinski definition) is 7. The van der Waals surface area contributed by atoms with Gasteiger partial charge in [-0.15, -0.1) is 0 Å². The number of amides is 1. The summed E-state index contributed by atoms with van der Waals surface area (Å²) in [7, 11) is 0. The molecule has 9 heteroatoms. The van der Waals surface area contributed by atoms with Gasteiger partial charge in [-0.05, 0) is 34.1 Å². The van der Waals surface area contributed by atoms with Crippen LogP contribution in [0.1, 0.15) is 32.9 Å². The van der Waals surface area contributed by atoms with Crippen molar-refractivity contribution in [2.75, 3.05) is 18.0 Å². The van der Waals surface area contributed by atoms with Crippen molar-refractivity contribution in [2.24, 2.45) is 0 Å². The van der Waals surface area contributed by atoms with E-state index >= 15 is 0 Å². The van der Waals surface area contributed by atoms with Crippen LogP contribution < -0.4 is 10.2 Å². The van der Waals surface area contributed by atoms with Crippen molar-refractivity contribution >= 4 is 17.6 Å². The van der Waals surface area contributed by atoms with Crippen molar-refractivity contribution < 1.29 is 14.5 Å². The fourth-order valence-electron chi connectivity index (χ4n) is 3.16. The molecule has 0 bridgehead atoms. The molecule has 2 aromatic rings. The van der Waals surface area contributed by atoms with Crippen LogP contribution in [0, 0.1) is 17.0 Å². The highest BCUT2D eigenvalue weighted by atomic mass is 16.6. The molecule has 1 atom stereocenters. The molecule has 29 heavy (non-hydrogen) atoms. The van der Waals surface area contributed by atoms with Crippen molar-refractivity contribution in [1.82, 2.24) is 15.3 Å². The first-order valence-corrected chi connectivity index (χ1v) is 9.46. The first kappa shape index (κ1) is 20.5. The summed E-state index contributed by atoms with van der Waals surface area (Å²) in [6.45, 7) is 8.67. The van der Waals surface area contributed by atoms with Crippen LogP contribution in [0.4, 0.5) is 16.3 Å². The summed E-state index contributed by atoms with van der Waals surface area (Å²) in [4.78, 5) is 33.7. The molecule has 3 rings (SSSR count). The van der Waals surface area contributed by atoms with Gasteiger partial charge in [-0.25, -0.2) is 14.8 Å².